The van der Waals surface area contributed by atoms with Crippen LogP contribution in [0.3, 0.4) is 0 Å². The summed E-state index contributed by atoms with van der Waals surface area (Å²) < 4.78 is 0. The van der Waals surface area contributed by atoms with Crippen LogP contribution in [0.1, 0.15) is 17.1 Å². The van der Waals surface area contributed by atoms with Crippen LogP contribution in [0.15, 0.2) is 24.4 Å². The number of hydrogen-bond donors (Lipinski definition) is 2. The van der Waals surface area contributed by atoms with Gasteiger partial charge in [-0.3, -0.25) is 4.90 Å². The Morgan fingerprint density at radius 1 is 1.20 bits per heavy atom. The van der Waals surface area contributed by atoms with E-state index < -0.39 is 0 Å². The van der Waals surface area contributed by atoms with E-state index in [2.05, 4.69) is 14.9 Å². The van der Waals surface area contributed by atoms with E-state index in [9.17, 15) is 5.11 Å². The van der Waals surface area contributed by atoms with Gasteiger partial charge in [0.25, 0.3) is 0 Å². The molecular formula is C14H17Cl2N3O. The van der Waals surface area contributed by atoms with Crippen molar-refractivity contribution >= 4 is 23.2 Å². The van der Waals surface area contributed by atoms with E-state index in [0.717, 1.165) is 17.1 Å². The second-order valence-corrected chi connectivity index (χ2v) is 5.58. The number of nitrogens with zero attached hydrogens (tertiary/aromatic N) is 2. The zero-order valence-corrected chi connectivity index (χ0v) is 12.7. The second kappa shape index (κ2) is 7.09. The van der Waals surface area contributed by atoms with Gasteiger partial charge in [-0.15, -0.1) is 0 Å². The number of hydrogen-bond acceptors (Lipinski definition) is 3. The van der Waals surface area contributed by atoms with Gasteiger partial charge in [0.05, 0.1) is 6.61 Å². The summed E-state index contributed by atoms with van der Waals surface area (Å²) in [5, 5.41) is 10.4. The van der Waals surface area contributed by atoms with Crippen LogP contribution in [0.5, 0.6) is 0 Å². The molecule has 1 heterocycles. The largest absolute Gasteiger partial charge is 0.395 e. The van der Waals surface area contributed by atoms with Crippen molar-refractivity contribution < 1.29 is 5.11 Å². The Balaban J connectivity index is 2.08. The smallest absolute Gasteiger partial charge is 0.103 e. The number of aromatic nitrogens is 2. The van der Waals surface area contributed by atoms with E-state index in [1.165, 1.54) is 0 Å². The molecule has 0 saturated heterocycles. The van der Waals surface area contributed by atoms with Crippen molar-refractivity contribution in [3.8, 4) is 0 Å². The molecule has 0 aliphatic heterocycles. The van der Waals surface area contributed by atoms with Crippen molar-refractivity contribution in [3.63, 3.8) is 0 Å². The monoisotopic (exact) mass is 313 g/mol. The highest BCUT2D eigenvalue weighted by Gasteiger charge is 2.09. The fourth-order valence-electron chi connectivity index (χ4n) is 2.11. The highest BCUT2D eigenvalue weighted by molar-refractivity contribution is 6.34. The van der Waals surface area contributed by atoms with Gasteiger partial charge in [-0.05, 0) is 30.7 Å². The molecule has 0 fully saturated rings. The molecule has 2 aromatic rings. The number of halogens is 2. The number of benzene rings is 1. The Hall–Kier alpha value is -1.07. The summed E-state index contributed by atoms with van der Waals surface area (Å²) in [6.45, 7) is 3.94. The summed E-state index contributed by atoms with van der Waals surface area (Å²) in [6.07, 6.45) is 1.81. The lowest BCUT2D eigenvalue weighted by Crippen LogP contribution is -2.26. The van der Waals surface area contributed by atoms with Crippen molar-refractivity contribution in [3.05, 3.63) is 51.5 Å². The number of aliphatic hydroxyl groups excluding tert-OH is 1. The first-order valence-corrected chi connectivity index (χ1v) is 7.11. The number of aryl methyl sites for hydroxylation is 1. The van der Waals surface area contributed by atoms with E-state index >= 15 is 0 Å². The van der Waals surface area contributed by atoms with E-state index in [0.29, 0.717) is 29.7 Å². The first-order chi connectivity index (χ1) is 9.56. The SMILES string of the molecule is Cc1ncc(CN(CCO)Cc2cc(Cl)cc(Cl)c2)[nH]1. The maximum absolute atomic E-state index is 9.19. The Morgan fingerprint density at radius 3 is 2.45 bits per heavy atom. The summed E-state index contributed by atoms with van der Waals surface area (Å²) >= 11 is 12.0. The van der Waals surface area contributed by atoms with Gasteiger partial charge in [-0.25, -0.2) is 4.98 Å². The normalized spacial score (nSPS) is 11.2. The van der Waals surface area contributed by atoms with Gasteiger partial charge in [0.15, 0.2) is 0 Å². The Bertz CT molecular complexity index is 551. The van der Waals surface area contributed by atoms with Crippen LogP contribution < -0.4 is 0 Å². The molecule has 6 heteroatoms. The molecule has 20 heavy (non-hydrogen) atoms. The summed E-state index contributed by atoms with van der Waals surface area (Å²) in [5.41, 5.74) is 2.04. The third-order valence-electron chi connectivity index (χ3n) is 2.89. The van der Waals surface area contributed by atoms with Crippen molar-refractivity contribution in [1.82, 2.24) is 14.9 Å². The molecule has 0 atom stereocenters. The zero-order valence-electron chi connectivity index (χ0n) is 11.2. The molecule has 0 aliphatic rings. The van der Waals surface area contributed by atoms with Gasteiger partial charge in [0.1, 0.15) is 5.82 Å². The quantitative estimate of drug-likeness (QED) is 0.862. The summed E-state index contributed by atoms with van der Waals surface area (Å²) in [6, 6.07) is 5.48. The number of imidazole rings is 1. The van der Waals surface area contributed by atoms with E-state index in [1.807, 2.05) is 25.3 Å². The zero-order chi connectivity index (χ0) is 14.5. The van der Waals surface area contributed by atoms with Crippen molar-refractivity contribution in [1.29, 1.82) is 0 Å². The van der Waals surface area contributed by atoms with Crippen LogP contribution in [0.2, 0.25) is 10.0 Å². The van der Waals surface area contributed by atoms with Crippen molar-refractivity contribution in [2.24, 2.45) is 0 Å². The van der Waals surface area contributed by atoms with Crippen molar-refractivity contribution in [2.45, 2.75) is 20.0 Å². The minimum Gasteiger partial charge on any atom is -0.395 e. The molecule has 0 amide bonds. The molecule has 0 spiro atoms. The number of aliphatic hydroxyl groups is 1. The van der Waals surface area contributed by atoms with Crippen LogP contribution in [0.4, 0.5) is 0 Å². The van der Waals surface area contributed by atoms with Gasteiger partial charge in [-0.2, -0.15) is 0 Å². The number of aromatic amines is 1. The van der Waals surface area contributed by atoms with Crippen LogP contribution >= 0.6 is 23.2 Å². The highest BCUT2D eigenvalue weighted by Crippen LogP contribution is 2.20. The van der Waals surface area contributed by atoms with Gasteiger partial charge in [-0.1, -0.05) is 23.2 Å². The Morgan fingerprint density at radius 2 is 1.90 bits per heavy atom. The highest BCUT2D eigenvalue weighted by atomic mass is 35.5. The first-order valence-electron chi connectivity index (χ1n) is 6.35. The first kappa shape index (κ1) is 15.3. The molecule has 108 valence electrons. The summed E-state index contributed by atoms with van der Waals surface area (Å²) in [5.74, 6) is 0.884. The second-order valence-electron chi connectivity index (χ2n) is 4.71. The van der Waals surface area contributed by atoms with Gasteiger partial charge < -0.3 is 10.1 Å². The van der Waals surface area contributed by atoms with Crippen LogP contribution in [-0.4, -0.2) is 33.1 Å². The predicted octanol–water partition coefficient (Wildman–Crippen LogP) is 3.02. The molecule has 0 radical (unpaired) electrons. The van der Waals surface area contributed by atoms with Crippen LogP contribution in [0, 0.1) is 6.92 Å². The van der Waals surface area contributed by atoms with E-state index in [4.69, 9.17) is 23.2 Å². The fourth-order valence-corrected chi connectivity index (χ4v) is 2.68. The molecule has 2 N–H and O–H groups in total. The number of rotatable bonds is 6. The maximum atomic E-state index is 9.19. The third-order valence-corrected chi connectivity index (χ3v) is 3.33. The minimum atomic E-state index is 0.0986. The topological polar surface area (TPSA) is 52.1 Å². The van der Waals surface area contributed by atoms with Gasteiger partial charge >= 0.3 is 0 Å². The molecule has 2 rings (SSSR count). The third kappa shape index (κ3) is 4.49. The Kier molecular flexibility index (Phi) is 5.43. The molecule has 0 unspecified atom stereocenters. The van der Waals surface area contributed by atoms with Crippen LogP contribution in [-0.2, 0) is 13.1 Å². The standard InChI is InChI=1S/C14H17Cl2N3O/c1-10-17-7-14(18-10)9-19(2-3-20)8-11-4-12(15)6-13(16)5-11/h4-7,20H,2-3,8-9H2,1H3,(H,17,18). The van der Waals surface area contributed by atoms with Gasteiger partial charge in [0.2, 0.25) is 0 Å². The lowest BCUT2D eigenvalue weighted by atomic mass is 10.2. The average molecular weight is 314 g/mol. The van der Waals surface area contributed by atoms with E-state index in [-0.39, 0.29) is 6.61 Å². The molecule has 0 bridgehead atoms. The van der Waals surface area contributed by atoms with Crippen LogP contribution in [0.25, 0.3) is 0 Å². The molecule has 0 saturated carbocycles. The number of nitrogens with one attached hydrogen (secondary N) is 1. The number of H-pyrrole nitrogens is 1. The van der Waals surface area contributed by atoms with Gasteiger partial charge in [0, 0.05) is 41.6 Å². The molecular weight excluding hydrogens is 297 g/mol. The minimum absolute atomic E-state index is 0.0986. The lowest BCUT2D eigenvalue weighted by molar-refractivity contribution is 0.183. The Labute approximate surface area is 128 Å². The molecule has 0 aliphatic carbocycles. The molecule has 1 aromatic carbocycles. The van der Waals surface area contributed by atoms with Crippen molar-refractivity contribution in [2.75, 3.05) is 13.2 Å². The predicted molar refractivity (Wildman–Crippen MR) is 81.0 cm³/mol. The summed E-state index contributed by atoms with van der Waals surface area (Å²) in [4.78, 5) is 9.47. The summed E-state index contributed by atoms with van der Waals surface area (Å²) in [7, 11) is 0. The maximum Gasteiger partial charge on any atom is 0.103 e. The molecule has 1 aromatic heterocycles. The fraction of sp³-hybridized carbons (Fsp3) is 0.357. The van der Waals surface area contributed by atoms with E-state index in [1.54, 1.807) is 6.07 Å². The average Bonchev–Trinajstić information content (AvgIpc) is 2.73. The lowest BCUT2D eigenvalue weighted by Gasteiger charge is -2.20. The molecule has 4 nitrogen and oxygen atoms in total.